The molecule has 0 spiro atoms. The minimum Gasteiger partial charge on any atom is -0.842 e. The van der Waals surface area contributed by atoms with Crippen LogP contribution < -0.4 is 20.0 Å². The number of aromatic nitrogens is 5. The molecule has 5 aromatic rings. The Morgan fingerprint density at radius 1 is 1.11 bits per heavy atom. The summed E-state index contributed by atoms with van der Waals surface area (Å²) < 4.78 is 10.5. The van der Waals surface area contributed by atoms with Gasteiger partial charge in [-0.05, 0) is 36.8 Å². The minimum absolute atomic E-state index is 0.000417. The van der Waals surface area contributed by atoms with Gasteiger partial charge in [0.2, 0.25) is 5.88 Å². The van der Waals surface area contributed by atoms with Crippen LogP contribution in [0.2, 0.25) is 10.2 Å². The van der Waals surface area contributed by atoms with Gasteiger partial charge in [0.1, 0.15) is 23.5 Å². The topological polar surface area (TPSA) is 88.4 Å². The van der Waals surface area contributed by atoms with Gasteiger partial charge in [-0.2, -0.15) is 9.50 Å². The largest absolute Gasteiger partial charge is 0.842 e. The molecule has 0 N–H and O–H groups in total. The third kappa shape index (κ3) is 4.45. The number of benzene rings is 1. The van der Waals surface area contributed by atoms with Gasteiger partial charge < -0.3 is 9.84 Å². The molecule has 1 aromatic carbocycles. The van der Waals surface area contributed by atoms with E-state index in [4.69, 9.17) is 27.9 Å². The van der Waals surface area contributed by atoms with Crippen LogP contribution in [0.4, 0.5) is 0 Å². The predicted octanol–water partition coefficient (Wildman–Crippen LogP) is 3.91. The lowest BCUT2D eigenvalue weighted by atomic mass is 10.1. The molecule has 35 heavy (non-hydrogen) atoms. The van der Waals surface area contributed by atoms with Gasteiger partial charge in [0.05, 0.1) is 11.6 Å². The number of nitrogens with zero attached hydrogens (tertiary/aromatic N) is 5. The smallest absolute Gasteiger partial charge is 0.349 e. The van der Waals surface area contributed by atoms with Crippen molar-refractivity contribution in [1.29, 1.82) is 0 Å². The van der Waals surface area contributed by atoms with E-state index in [9.17, 15) is 9.90 Å². The van der Waals surface area contributed by atoms with Crippen LogP contribution in [0.1, 0.15) is 11.3 Å². The summed E-state index contributed by atoms with van der Waals surface area (Å²) in [6.45, 7) is 2.04. The molecule has 0 fully saturated rings. The first-order valence-corrected chi connectivity index (χ1v) is 11.4. The van der Waals surface area contributed by atoms with Crippen molar-refractivity contribution in [2.24, 2.45) is 7.05 Å². The van der Waals surface area contributed by atoms with Gasteiger partial charge in [-0.25, -0.2) is 19.0 Å². The molecule has 0 amide bonds. The predicted molar refractivity (Wildman–Crippen MR) is 130 cm³/mol. The molecular formula is C25H19Cl2N5O3. The molecule has 0 unspecified atom stereocenters. The Morgan fingerprint density at radius 2 is 1.94 bits per heavy atom. The van der Waals surface area contributed by atoms with Crippen molar-refractivity contribution < 1.29 is 14.4 Å². The number of fused-ring (bicyclic) bond motifs is 1. The van der Waals surface area contributed by atoms with Gasteiger partial charge in [-0.3, -0.25) is 0 Å². The second kappa shape index (κ2) is 9.05. The molecule has 8 nitrogen and oxygen atoms in total. The normalized spacial score (nSPS) is 11.2. The summed E-state index contributed by atoms with van der Waals surface area (Å²) in [5.74, 6) is 0.492. The molecule has 0 saturated heterocycles. The van der Waals surface area contributed by atoms with Gasteiger partial charge in [-0.1, -0.05) is 41.4 Å². The zero-order chi connectivity index (χ0) is 24.7. The van der Waals surface area contributed by atoms with E-state index in [0.29, 0.717) is 33.0 Å². The zero-order valence-corrected chi connectivity index (χ0v) is 20.3. The lowest BCUT2D eigenvalue weighted by Crippen LogP contribution is -2.44. The van der Waals surface area contributed by atoms with Crippen LogP contribution in [0.5, 0.6) is 17.5 Å². The summed E-state index contributed by atoms with van der Waals surface area (Å²) in [5, 5.41) is 18.7. The molecule has 10 heteroatoms. The summed E-state index contributed by atoms with van der Waals surface area (Å²) in [6.07, 6.45) is 3.15. The number of rotatable bonds is 5. The van der Waals surface area contributed by atoms with E-state index in [2.05, 4.69) is 10.1 Å². The van der Waals surface area contributed by atoms with Gasteiger partial charge in [0.25, 0.3) is 5.65 Å². The van der Waals surface area contributed by atoms with Gasteiger partial charge >= 0.3 is 5.56 Å². The van der Waals surface area contributed by atoms with Gasteiger partial charge in [-0.15, -0.1) is 0 Å². The number of pyridine rings is 2. The monoisotopic (exact) mass is 507 g/mol. The maximum Gasteiger partial charge on any atom is 0.349 e. The molecule has 0 bridgehead atoms. The van der Waals surface area contributed by atoms with Crippen molar-refractivity contribution in [3.8, 4) is 28.6 Å². The number of aryl methyl sites for hydroxylation is 2. The highest BCUT2D eigenvalue weighted by Crippen LogP contribution is 2.26. The van der Waals surface area contributed by atoms with E-state index in [-0.39, 0.29) is 12.1 Å². The quantitative estimate of drug-likeness (QED) is 0.265. The summed E-state index contributed by atoms with van der Waals surface area (Å²) in [4.78, 5) is 17.7. The SMILES string of the molecule is Cc1cc(Oc2ccc3n(c2)c(=O)c(-c2cccc(Cl)c2)c([O-])[n+]3Cc2ccc(Cl)nc2)n(C)n1. The molecule has 0 atom stereocenters. The van der Waals surface area contributed by atoms with E-state index in [0.717, 1.165) is 11.3 Å². The first-order valence-electron chi connectivity index (χ1n) is 10.6. The van der Waals surface area contributed by atoms with Crippen molar-refractivity contribution in [2.75, 3.05) is 0 Å². The number of ether oxygens (including phenoxy) is 1. The summed E-state index contributed by atoms with van der Waals surface area (Å²) in [6, 6.07) is 15.3. The Hall–Kier alpha value is -3.88. The average Bonchev–Trinajstić information content (AvgIpc) is 3.14. The zero-order valence-electron chi connectivity index (χ0n) is 18.8. The van der Waals surface area contributed by atoms with Crippen molar-refractivity contribution in [2.45, 2.75) is 13.5 Å². The summed E-state index contributed by atoms with van der Waals surface area (Å²) in [7, 11) is 1.77. The van der Waals surface area contributed by atoms with E-state index >= 15 is 0 Å². The first kappa shape index (κ1) is 22.9. The molecule has 4 heterocycles. The third-order valence-corrected chi connectivity index (χ3v) is 5.95. The molecule has 0 aliphatic heterocycles. The minimum atomic E-state index is -0.482. The van der Waals surface area contributed by atoms with Crippen molar-refractivity contribution >= 4 is 28.8 Å². The van der Waals surface area contributed by atoms with Crippen LogP contribution in [-0.4, -0.2) is 19.2 Å². The fraction of sp³-hybridized carbons (Fsp3) is 0.120. The van der Waals surface area contributed by atoms with Crippen LogP contribution in [0.15, 0.2) is 71.8 Å². The fourth-order valence-electron chi connectivity index (χ4n) is 3.90. The summed E-state index contributed by atoms with van der Waals surface area (Å²) in [5.41, 5.74) is 1.89. The molecule has 0 saturated carbocycles. The maximum atomic E-state index is 13.6. The molecule has 4 aromatic heterocycles. The molecular weight excluding hydrogens is 489 g/mol. The Morgan fingerprint density at radius 3 is 2.63 bits per heavy atom. The standard InChI is InChI=1S/C25H19Cl2N5O3/c1-15-10-22(30(2)29-15)35-19-7-9-21-31(13-16-6-8-20(27)28-12-16)24(33)23(25(34)32(21)14-19)17-4-3-5-18(26)11-17/h3-12,14H,13H2,1-2H3. The van der Waals surface area contributed by atoms with Crippen LogP contribution >= 0.6 is 23.2 Å². The van der Waals surface area contributed by atoms with Crippen LogP contribution in [-0.2, 0) is 13.6 Å². The Balaban J connectivity index is 1.72. The van der Waals surface area contributed by atoms with Crippen LogP contribution in [0.3, 0.4) is 0 Å². The number of halogens is 2. The van der Waals surface area contributed by atoms with E-state index in [1.807, 2.05) is 6.92 Å². The third-order valence-electron chi connectivity index (χ3n) is 5.49. The lowest BCUT2D eigenvalue weighted by molar-refractivity contribution is -0.708. The van der Waals surface area contributed by atoms with E-state index in [1.165, 1.54) is 8.97 Å². The highest BCUT2D eigenvalue weighted by molar-refractivity contribution is 6.30. The van der Waals surface area contributed by atoms with Crippen molar-refractivity contribution in [3.05, 3.63) is 98.8 Å². The maximum absolute atomic E-state index is 13.6. The van der Waals surface area contributed by atoms with E-state index in [1.54, 1.807) is 78.7 Å². The fourth-order valence-corrected chi connectivity index (χ4v) is 4.20. The van der Waals surface area contributed by atoms with Gasteiger partial charge in [0, 0.05) is 36.0 Å². The van der Waals surface area contributed by atoms with Crippen LogP contribution in [0, 0.1) is 6.92 Å². The van der Waals surface area contributed by atoms with Crippen molar-refractivity contribution in [3.63, 3.8) is 0 Å². The Kier molecular flexibility index (Phi) is 5.92. The molecule has 0 aliphatic carbocycles. The number of hydrogen-bond donors (Lipinski definition) is 0. The second-order valence-corrected chi connectivity index (χ2v) is 8.84. The highest BCUT2D eigenvalue weighted by Gasteiger charge is 2.22. The van der Waals surface area contributed by atoms with E-state index < -0.39 is 11.4 Å². The molecule has 176 valence electrons. The molecule has 5 rings (SSSR count). The van der Waals surface area contributed by atoms with Gasteiger partial charge in [0.15, 0.2) is 5.75 Å². The number of hydrogen-bond acceptors (Lipinski definition) is 5. The molecule has 0 radical (unpaired) electrons. The lowest BCUT2D eigenvalue weighted by Gasteiger charge is -2.17. The second-order valence-electron chi connectivity index (χ2n) is 8.01. The van der Waals surface area contributed by atoms with Crippen molar-refractivity contribution in [1.82, 2.24) is 19.2 Å². The highest BCUT2D eigenvalue weighted by atomic mass is 35.5. The van der Waals surface area contributed by atoms with Crippen LogP contribution in [0.25, 0.3) is 16.8 Å². The first-order chi connectivity index (χ1) is 16.8. The molecule has 0 aliphatic rings. The summed E-state index contributed by atoms with van der Waals surface area (Å²) >= 11 is 12.1. The Bertz CT molecular complexity index is 1630. The average molecular weight is 508 g/mol. The Labute approximate surface area is 210 Å².